The van der Waals surface area contributed by atoms with Crippen LogP contribution in [0.15, 0.2) is 224 Å². The maximum atomic E-state index is 5.32. The zero-order valence-corrected chi connectivity index (χ0v) is 35.7. The number of hydrogen-bond acceptors (Lipinski definition) is 3. The maximum Gasteiger partial charge on any atom is 0.164 e. The first kappa shape index (κ1) is 37.7. The number of hydrogen-bond donors (Lipinski definition) is 0. The van der Waals surface area contributed by atoms with Crippen LogP contribution in [-0.4, -0.2) is 15.0 Å². The van der Waals surface area contributed by atoms with E-state index in [0.717, 1.165) is 33.4 Å². The number of aromatic nitrogens is 3. The Morgan fingerprint density at radius 1 is 0.266 bits per heavy atom. The van der Waals surface area contributed by atoms with E-state index < -0.39 is 5.41 Å². The third-order valence-electron chi connectivity index (χ3n) is 13.6. The lowest BCUT2D eigenvalue weighted by Gasteiger charge is -2.46. The van der Waals surface area contributed by atoms with Crippen LogP contribution in [0.2, 0.25) is 0 Å². The van der Waals surface area contributed by atoms with Gasteiger partial charge >= 0.3 is 0 Å². The lowest BCUT2D eigenvalue weighted by molar-refractivity contribution is 0.563. The highest BCUT2D eigenvalue weighted by atomic mass is 15.0. The molecule has 2 aliphatic rings. The molecule has 3 heteroatoms. The second kappa shape index (κ2) is 14.8. The molecular weight excluding hydrogens is 775 g/mol. The number of nitrogens with zero attached hydrogens (tertiary/aromatic N) is 3. The summed E-state index contributed by atoms with van der Waals surface area (Å²) in [5.41, 5.74) is 19.4. The Morgan fingerprint density at radius 3 is 1.20 bits per heavy atom. The maximum absolute atomic E-state index is 5.32. The fraction of sp³-hybridized carbons (Fsp3) is 0.0656. The van der Waals surface area contributed by atoms with Crippen LogP contribution in [0.25, 0.3) is 78.7 Å². The summed E-state index contributed by atoms with van der Waals surface area (Å²) in [4.78, 5) is 15.7. The van der Waals surface area contributed by atoms with Gasteiger partial charge in [0.2, 0.25) is 0 Å². The van der Waals surface area contributed by atoms with Crippen molar-refractivity contribution in [3.8, 4) is 78.7 Å². The number of rotatable bonds is 6. The molecule has 0 atom stereocenters. The highest BCUT2D eigenvalue weighted by Gasteiger charge is 2.53. The van der Waals surface area contributed by atoms with Crippen molar-refractivity contribution in [1.82, 2.24) is 15.0 Å². The molecule has 0 N–H and O–H groups in total. The minimum Gasteiger partial charge on any atom is -0.208 e. The lowest BCUT2D eigenvalue weighted by Crippen LogP contribution is -2.40. The molecule has 3 nitrogen and oxygen atoms in total. The minimum absolute atomic E-state index is 0.204. The summed E-state index contributed by atoms with van der Waals surface area (Å²) in [5, 5.41) is 0. The summed E-state index contributed by atoms with van der Waals surface area (Å²) in [7, 11) is 0. The Morgan fingerprint density at radius 2 is 0.656 bits per heavy atom. The van der Waals surface area contributed by atoms with Crippen molar-refractivity contribution in [1.29, 1.82) is 0 Å². The molecular formula is C61H43N3. The fourth-order valence-corrected chi connectivity index (χ4v) is 10.6. The second-order valence-electron chi connectivity index (χ2n) is 17.5. The molecule has 0 unspecified atom stereocenters. The molecule has 9 aromatic carbocycles. The van der Waals surface area contributed by atoms with Crippen LogP contribution < -0.4 is 0 Å². The van der Waals surface area contributed by atoms with Crippen LogP contribution in [0.4, 0.5) is 0 Å². The summed E-state index contributed by atoms with van der Waals surface area (Å²) >= 11 is 0. The quantitative estimate of drug-likeness (QED) is 0.168. The molecule has 10 aromatic rings. The van der Waals surface area contributed by atoms with Crippen LogP contribution in [0.3, 0.4) is 0 Å². The fourth-order valence-electron chi connectivity index (χ4n) is 10.6. The Labute approximate surface area is 374 Å². The van der Waals surface area contributed by atoms with Crippen molar-refractivity contribution >= 4 is 0 Å². The average molecular weight is 818 g/mol. The molecule has 0 aliphatic heterocycles. The largest absolute Gasteiger partial charge is 0.208 e. The Bertz CT molecular complexity index is 3280. The predicted molar refractivity (Wildman–Crippen MR) is 262 cm³/mol. The number of fused-ring (bicyclic) bond motifs is 9. The first-order valence-corrected chi connectivity index (χ1v) is 22.1. The standard InChI is InChI=1S/C61H43N3/c1-60(2)51-27-12-14-29-53(51)61(54-30-15-13-28-52(54)60)50-37-36-47(42-34-32-41(33-35-42)46-25-16-24-45(38-46)40-18-6-3-7-19-40)39-49(50)56-48(26-17-31-55(56)61)59-63-57(43-20-8-4-9-21-43)62-58(64-59)44-22-10-5-11-23-44/h3-39H,1-2H3. The van der Waals surface area contributed by atoms with Gasteiger partial charge in [-0.1, -0.05) is 226 Å². The Kier molecular flexibility index (Phi) is 8.74. The zero-order valence-electron chi connectivity index (χ0n) is 35.7. The van der Waals surface area contributed by atoms with E-state index in [4.69, 9.17) is 15.0 Å². The summed E-state index contributed by atoms with van der Waals surface area (Å²) in [5.74, 6) is 1.94. The highest BCUT2D eigenvalue weighted by Crippen LogP contribution is 2.63. The van der Waals surface area contributed by atoms with Gasteiger partial charge in [-0.05, 0) is 90.0 Å². The minimum atomic E-state index is -0.576. The molecule has 0 saturated carbocycles. The van der Waals surface area contributed by atoms with E-state index in [1.165, 1.54) is 61.2 Å². The molecule has 64 heavy (non-hydrogen) atoms. The van der Waals surface area contributed by atoms with Crippen molar-refractivity contribution in [3.05, 3.63) is 258 Å². The molecule has 1 spiro atoms. The Hall–Kier alpha value is -8.01. The van der Waals surface area contributed by atoms with E-state index in [9.17, 15) is 0 Å². The van der Waals surface area contributed by atoms with Gasteiger partial charge in [0.25, 0.3) is 0 Å². The topological polar surface area (TPSA) is 38.7 Å². The van der Waals surface area contributed by atoms with Crippen molar-refractivity contribution in [2.75, 3.05) is 0 Å². The molecule has 2 aliphatic carbocycles. The van der Waals surface area contributed by atoms with Gasteiger partial charge in [-0.3, -0.25) is 0 Å². The molecule has 0 amide bonds. The van der Waals surface area contributed by atoms with E-state index in [1.54, 1.807) is 0 Å². The third-order valence-corrected chi connectivity index (χ3v) is 13.6. The van der Waals surface area contributed by atoms with Crippen molar-refractivity contribution in [2.24, 2.45) is 0 Å². The normalized spacial score (nSPS) is 13.7. The zero-order chi connectivity index (χ0) is 42.8. The molecule has 0 radical (unpaired) electrons. The Balaban J connectivity index is 1.09. The molecule has 0 bridgehead atoms. The lowest BCUT2D eigenvalue weighted by atomic mass is 9.55. The van der Waals surface area contributed by atoms with Crippen LogP contribution in [0.5, 0.6) is 0 Å². The number of benzene rings is 9. The molecule has 12 rings (SSSR count). The van der Waals surface area contributed by atoms with Crippen LogP contribution in [0, 0.1) is 0 Å². The van der Waals surface area contributed by atoms with Gasteiger partial charge in [0.15, 0.2) is 17.5 Å². The van der Waals surface area contributed by atoms with Gasteiger partial charge < -0.3 is 0 Å². The van der Waals surface area contributed by atoms with Crippen molar-refractivity contribution < 1.29 is 0 Å². The van der Waals surface area contributed by atoms with E-state index in [2.05, 4.69) is 202 Å². The van der Waals surface area contributed by atoms with Crippen LogP contribution in [0.1, 0.15) is 47.2 Å². The van der Waals surface area contributed by atoms with Crippen LogP contribution >= 0.6 is 0 Å². The monoisotopic (exact) mass is 817 g/mol. The summed E-state index contributed by atoms with van der Waals surface area (Å²) in [6, 6.07) is 81.0. The van der Waals surface area contributed by atoms with E-state index in [0.29, 0.717) is 17.5 Å². The summed E-state index contributed by atoms with van der Waals surface area (Å²) < 4.78 is 0. The van der Waals surface area contributed by atoms with Gasteiger partial charge in [0, 0.05) is 22.1 Å². The predicted octanol–water partition coefficient (Wildman–Crippen LogP) is 14.9. The second-order valence-corrected chi connectivity index (χ2v) is 17.5. The molecule has 0 saturated heterocycles. The molecule has 1 aromatic heterocycles. The molecule has 0 fully saturated rings. The smallest absolute Gasteiger partial charge is 0.164 e. The first-order chi connectivity index (χ1) is 31.5. The van der Waals surface area contributed by atoms with Gasteiger partial charge in [0.05, 0.1) is 5.41 Å². The molecule has 302 valence electrons. The van der Waals surface area contributed by atoms with Crippen molar-refractivity contribution in [2.45, 2.75) is 24.7 Å². The van der Waals surface area contributed by atoms with E-state index in [1.807, 2.05) is 36.4 Å². The average Bonchev–Trinajstić information content (AvgIpc) is 3.67. The summed E-state index contributed by atoms with van der Waals surface area (Å²) in [6.07, 6.45) is 0. The van der Waals surface area contributed by atoms with Gasteiger partial charge in [-0.2, -0.15) is 0 Å². The van der Waals surface area contributed by atoms with Gasteiger partial charge in [0.1, 0.15) is 0 Å². The third kappa shape index (κ3) is 5.85. The van der Waals surface area contributed by atoms with Crippen molar-refractivity contribution in [3.63, 3.8) is 0 Å². The van der Waals surface area contributed by atoms with Crippen LogP contribution in [-0.2, 0) is 10.8 Å². The van der Waals surface area contributed by atoms with E-state index in [-0.39, 0.29) is 5.41 Å². The van der Waals surface area contributed by atoms with E-state index >= 15 is 0 Å². The SMILES string of the molecule is CC1(C)c2ccccc2C2(c3ccc(-c4ccc(-c5cccc(-c6ccccc6)c5)cc4)cc3-c3c(-c4nc(-c5ccccc5)nc(-c5ccccc5)n4)cccc32)c2ccccc21. The highest BCUT2D eigenvalue weighted by molar-refractivity contribution is 5.97. The van der Waals surface area contributed by atoms with Gasteiger partial charge in [-0.25, -0.2) is 15.0 Å². The summed E-state index contributed by atoms with van der Waals surface area (Å²) in [6.45, 7) is 4.74. The first-order valence-electron chi connectivity index (χ1n) is 22.1. The van der Waals surface area contributed by atoms with Gasteiger partial charge in [-0.15, -0.1) is 0 Å². The molecule has 1 heterocycles.